The minimum Gasteiger partial charge on any atom is -0.491 e. The maximum Gasteiger partial charge on any atom is 0.266 e. The van der Waals surface area contributed by atoms with Gasteiger partial charge < -0.3 is 25.2 Å². The Morgan fingerprint density at radius 1 is 1.14 bits per heavy atom. The minimum absolute atomic E-state index is 0.178. The number of methoxy groups -OCH3 is 1. The number of nitrogens with zero attached hydrogens (tertiary/aromatic N) is 1. The molecule has 2 heterocycles. The van der Waals surface area contributed by atoms with Gasteiger partial charge in [0.1, 0.15) is 0 Å². The Morgan fingerprint density at radius 3 is 2.76 bits per heavy atom. The zero-order valence-electron chi connectivity index (χ0n) is 21.0. The van der Waals surface area contributed by atoms with Crippen LogP contribution < -0.4 is 20.1 Å². The van der Waals surface area contributed by atoms with Crippen LogP contribution >= 0.6 is 11.3 Å². The van der Waals surface area contributed by atoms with Gasteiger partial charge in [-0.05, 0) is 74.1 Å². The molecule has 0 aliphatic rings. The number of hydrogen-bond donors (Lipinski definition) is 4. The molecule has 4 rings (SSSR count). The molecule has 194 valence electrons. The van der Waals surface area contributed by atoms with Gasteiger partial charge >= 0.3 is 0 Å². The Hall–Kier alpha value is -3.66. The molecule has 0 atom stereocenters. The summed E-state index contributed by atoms with van der Waals surface area (Å²) in [4.78, 5) is 13.8. The second-order valence-electron chi connectivity index (χ2n) is 8.46. The SMILES string of the molecule is COc1c(OCCCNCCCO)ccc(C=Cc2n[nH]c3ccccc23)c1NC(=O)c1sccc1C. The molecule has 0 fully saturated rings. The van der Waals surface area contributed by atoms with Crippen LogP contribution in [0.4, 0.5) is 5.69 Å². The third kappa shape index (κ3) is 6.56. The highest BCUT2D eigenvalue weighted by Crippen LogP contribution is 2.39. The Balaban J connectivity index is 1.60. The smallest absolute Gasteiger partial charge is 0.266 e. The molecule has 0 unspecified atom stereocenters. The van der Waals surface area contributed by atoms with E-state index in [0.717, 1.165) is 53.7 Å². The van der Waals surface area contributed by atoms with Crippen molar-refractivity contribution in [2.24, 2.45) is 0 Å². The van der Waals surface area contributed by atoms with Gasteiger partial charge in [-0.1, -0.05) is 24.3 Å². The number of anilines is 1. The quantitative estimate of drug-likeness (QED) is 0.183. The van der Waals surface area contributed by atoms with E-state index >= 15 is 0 Å². The topological polar surface area (TPSA) is 108 Å². The highest BCUT2D eigenvalue weighted by atomic mass is 32.1. The molecule has 37 heavy (non-hydrogen) atoms. The van der Waals surface area contributed by atoms with Crippen molar-refractivity contribution in [1.29, 1.82) is 0 Å². The number of ether oxygens (including phenoxy) is 2. The molecular formula is C28H32N4O4S. The zero-order valence-corrected chi connectivity index (χ0v) is 21.9. The molecule has 4 N–H and O–H groups in total. The van der Waals surface area contributed by atoms with Crippen LogP contribution in [-0.2, 0) is 0 Å². The van der Waals surface area contributed by atoms with Crippen LogP contribution in [-0.4, -0.2) is 54.6 Å². The van der Waals surface area contributed by atoms with E-state index in [1.807, 2.05) is 66.9 Å². The number of rotatable bonds is 13. The van der Waals surface area contributed by atoms with Gasteiger partial charge in [0.25, 0.3) is 5.91 Å². The van der Waals surface area contributed by atoms with Crippen LogP contribution in [0, 0.1) is 6.92 Å². The molecular weight excluding hydrogens is 488 g/mol. The first-order valence-electron chi connectivity index (χ1n) is 12.2. The first kappa shape index (κ1) is 26.4. The summed E-state index contributed by atoms with van der Waals surface area (Å²) in [5.74, 6) is 0.819. The van der Waals surface area contributed by atoms with Crippen LogP contribution in [0.25, 0.3) is 23.1 Å². The van der Waals surface area contributed by atoms with E-state index < -0.39 is 0 Å². The standard InChI is InChI=1S/C28H32N4O4S/c1-19-13-18-37-27(19)28(34)30-25-20(9-11-23-21-7-3-4-8-22(21)31-32-23)10-12-24(26(25)35-2)36-17-6-15-29-14-5-16-33/h3-4,7-13,18,29,33H,5-6,14-17H2,1-2H3,(H,30,34)(H,31,32). The number of H-pyrrole nitrogens is 1. The Kier molecular flexibility index (Phi) is 9.31. The van der Waals surface area contributed by atoms with Gasteiger partial charge in [0.2, 0.25) is 0 Å². The summed E-state index contributed by atoms with van der Waals surface area (Å²) in [5, 5.41) is 25.6. The molecule has 0 aliphatic heterocycles. The van der Waals surface area contributed by atoms with Crippen molar-refractivity contribution in [3.05, 3.63) is 69.5 Å². The van der Waals surface area contributed by atoms with Crippen LogP contribution in [0.3, 0.4) is 0 Å². The number of para-hydroxylation sites is 1. The predicted octanol–water partition coefficient (Wildman–Crippen LogP) is 5.11. The number of nitrogens with one attached hydrogen (secondary N) is 3. The average Bonchev–Trinajstić information content (AvgIpc) is 3.53. The molecule has 0 bridgehead atoms. The molecule has 2 aromatic heterocycles. The third-order valence-electron chi connectivity index (χ3n) is 5.85. The lowest BCUT2D eigenvalue weighted by Gasteiger charge is -2.17. The van der Waals surface area contributed by atoms with E-state index in [1.54, 1.807) is 7.11 Å². The largest absolute Gasteiger partial charge is 0.491 e. The number of aromatic amines is 1. The van der Waals surface area contributed by atoms with Crippen molar-refractivity contribution in [3.8, 4) is 11.5 Å². The molecule has 0 radical (unpaired) electrons. The Labute approximate surface area is 220 Å². The molecule has 1 amide bonds. The summed E-state index contributed by atoms with van der Waals surface area (Å²) in [7, 11) is 1.57. The number of fused-ring (bicyclic) bond motifs is 1. The van der Waals surface area contributed by atoms with Gasteiger partial charge in [-0.25, -0.2) is 0 Å². The number of hydrogen-bond acceptors (Lipinski definition) is 7. The fraction of sp³-hybridized carbons (Fsp3) is 0.286. The lowest BCUT2D eigenvalue weighted by Crippen LogP contribution is -2.19. The summed E-state index contributed by atoms with van der Waals surface area (Å²) >= 11 is 1.40. The summed E-state index contributed by atoms with van der Waals surface area (Å²) in [6.07, 6.45) is 5.35. The van der Waals surface area contributed by atoms with Crippen LogP contribution in [0.2, 0.25) is 0 Å². The van der Waals surface area contributed by atoms with E-state index in [4.69, 9.17) is 14.6 Å². The maximum atomic E-state index is 13.2. The summed E-state index contributed by atoms with van der Waals surface area (Å²) in [5.41, 5.74) is 3.98. The van der Waals surface area contributed by atoms with Crippen LogP contribution in [0.15, 0.2) is 47.8 Å². The monoisotopic (exact) mass is 520 g/mol. The van der Waals surface area contributed by atoms with Crippen molar-refractivity contribution in [3.63, 3.8) is 0 Å². The van der Waals surface area contributed by atoms with Gasteiger partial charge in [-0.15, -0.1) is 11.3 Å². The number of aliphatic hydroxyl groups excluding tert-OH is 1. The van der Waals surface area contributed by atoms with E-state index in [1.165, 1.54) is 11.3 Å². The van der Waals surface area contributed by atoms with E-state index in [9.17, 15) is 4.79 Å². The van der Waals surface area contributed by atoms with Crippen LogP contribution in [0.5, 0.6) is 11.5 Å². The van der Waals surface area contributed by atoms with Crippen molar-refractivity contribution in [2.45, 2.75) is 19.8 Å². The Bertz CT molecular complexity index is 1360. The van der Waals surface area contributed by atoms with E-state index in [-0.39, 0.29) is 12.5 Å². The number of aliphatic hydroxyl groups is 1. The number of aromatic nitrogens is 2. The first-order valence-corrected chi connectivity index (χ1v) is 13.1. The average molecular weight is 521 g/mol. The number of thiophene rings is 1. The second-order valence-corrected chi connectivity index (χ2v) is 9.38. The number of aryl methyl sites for hydroxylation is 1. The van der Waals surface area contributed by atoms with E-state index in [2.05, 4.69) is 20.8 Å². The lowest BCUT2D eigenvalue weighted by molar-refractivity contribution is 0.102. The van der Waals surface area contributed by atoms with Gasteiger partial charge in [0, 0.05) is 17.6 Å². The minimum atomic E-state index is -0.198. The molecule has 9 heteroatoms. The third-order valence-corrected chi connectivity index (χ3v) is 6.87. The maximum absolute atomic E-state index is 13.2. The summed E-state index contributed by atoms with van der Waals surface area (Å²) in [6, 6.07) is 13.6. The number of amides is 1. The fourth-order valence-electron chi connectivity index (χ4n) is 3.93. The zero-order chi connectivity index (χ0) is 26.0. The molecule has 0 spiro atoms. The van der Waals surface area contributed by atoms with Crippen molar-refractivity contribution < 1.29 is 19.4 Å². The normalized spacial score (nSPS) is 11.3. The highest BCUT2D eigenvalue weighted by Gasteiger charge is 2.19. The van der Waals surface area contributed by atoms with Crippen molar-refractivity contribution >= 4 is 46.0 Å². The van der Waals surface area contributed by atoms with Gasteiger partial charge in [0.05, 0.1) is 35.5 Å². The van der Waals surface area contributed by atoms with Crippen LogP contribution in [0.1, 0.15) is 39.3 Å². The summed E-state index contributed by atoms with van der Waals surface area (Å²) in [6.45, 7) is 4.12. The molecule has 2 aromatic carbocycles. The van der Waals surface area contributed by atoms with Gasteiger partial charge in [0.15, 0.2) is 11.5 Å². The number of carbonyl (C=O) groups is 1. The van der Waals surface area contributed by atoms with Crippen molar-refractivity contribution in [2.75, 3.05) is 38.7 Å². The van der Waals surface area contributed by atoms with E-state index in [0.29, 0.717) is 28.7 Å². The molecule has 0 saturated heterocycles. The summed E-state index contributed by atoms with van der Waals surface area (Å²) < 4.78 is 11.8. The molecule has 4 aromatic rings. The predicted molar refractivity (Wildman–Crippen MR) is 150 cm³/mol. The lowest BCUT2D eigenvalue weighted by atomic mass is 10.1. The fourth-order valence-corrected chi connectivity index (χ4v) is 4.75. The molecule has 0 aliphatic carbocycles. The second kappa shape index (κ2) is 13.0. The van der Waals surface area contributed by atoms with Gasteiger partial charge in [-0.3, -0.25) is 9.89 Å². The Morgan fingerprint density at radius 2 is 1.97 bits per heavy atom. The number of benzene rings is 2. The highest BCUT2D eigenvalue weighted by molar-refractivity contribution is 7.12. The first-order chi connectivity index (χ1) is 18.1. The molecule has 8 nitrogen and oxygen atoms in total. The number of carbonyl (C=O) groups excluding carboxylic acids is 1. The van der Waals surface area contributed by atoms with Gasteiger partial charge in [-0.2, -0.15) is 5.10 Å². The molecule has 0 saturated carbocycles. The van der Waals surface area contributed by atoms with Crippen molar-refractivity contribution in [1.82, 2.24) is 15.5 Å².